The van der Waals surface area contributed by atoms with Crippen LogP contribution in [0.15, 0.2) is 42.5 Å². The van der Waals surface area contributed by atoms with Crippen molar-refractivity contribution < 1.29 is 19.1 Å². The molecule has 0 atom stereocenters. The number of amides is 2. The molecule has 2 N–H and O–H groups in total. The normalized spacial score (nSPS) is 10.1. The van der Waals surface area contributed by atoms with Gasteiger partial charge in [0.1, 0.15) is 0 Å². The van der Waals surface area contributed by atoms with Crippen LogP contribution < -0.4 is 10.6 Å². The second-order valence-electron chi connectivity index (χ2n) is 6.08. The van der Waals surface area contributed by atoms with Crippen LogP contribution in [-0.2, 0) is 25.5 Å². The molecule has 2 aromatic carbocycles. The van der Waals surface area contributed by atoms with E-state index >= 15 is 0 Å². The topological polar surface area (TPSA) is 84.5 Å². The van der Waals surface area contributed by atoms with Crippen molar-refractivity contribution in [1.29, 1.82) is 0 Å². The molecular weight excluding hydrogens is 332 g/mol. The molecule has 0 unspecified atom stereocenters. The van der Waals surface area contributed by atoms with Crippen molar-refractivity contribution in [1.82, 2.24) is 0 Å². The van der Waals surface area contributed by atoms with E-state index in [0.29, 0.717) is 11.4 Å². The van der Waals surface area contributed by atoms with Crippen LogP contribution in [0.25, 0.3) is 0 Å². The van der Waals surface area contributed by atoms with Crippen LogP contribution in [0.5, 0.6) is 0 Å². The lowest BCUT2D eigenvalue weighted by Gasteiger charge is -2.10. The largest absolute Gasteiger partial charge is 0.455 e. The smallest absolute Gasteiger partial charge is 0.310 e. The summed E-state index contributed by atoms with van der Waals surface area (Å²) in [7, 11) is 0. The Morgan fingerprint density at radius 3 is 2.27 bits per heavy atom. The number of rotatable bonds is 6. The highest BCUT2D eigenvalue weighted by Gasteiger charge is 2.10. The summed E-state index contributed by atoms with van der Waals surface area (Å²) in [4.78, 5) is 34.8. The van der Waals surface area contributed by atoms with E-state index in [9.17, 15) is 14.4 Å². The van der Waals surface area contributed by atoms with E-state index in [2.05, 4.69) is 10.6 Å². The molecule has 2 aromatic rings. The number of nitrogens with one attached hydrogen (secondary N) is 2. The van der Waals surface area contributed by atoms with Crippen molar-refractivity contribution in [2.45, 2.75) is 27.2 Å². The molecule has 0 saturated carbocycles. The minimum absolute atomic E-state index is 0.0528. The van der Waals surface area contributed by atoms with Gasteiger partial charge >= 0.3 is 5.97 Å². The van der Waals surface area contributed by atoms with Crippen LogP contribution in [0.1, 0.15) is 23.6 Å². The maximum absolute atomic E-state index is 11.9. The molecule has 0 aliphatic heterocycles. The lowest BCUT2D eigenvalue weighted by molar-refractivity contribution is -0.146. The Kier molecular flexibility index (Phi) is 6.49. The summed E-state index contributed by atoms with van der Waals surface area (Å²) < 4.78 is 5.02. The maximum atomic E-state index is 11.9. The van der Waals surface area contributed by atoms with Crippen molar-refractivity contribution >= 4 is 29.2 Å². The lowest BCUT2D eigenvalue weighted by Crippen LogP contribution is -2.22. The van der Waals surface area contributed by atoms with E-state index in [1.807, 2.05) is 32.0 Å². The quantitative estimate of drug-likeness (QED) is 0.781. The molecule has 0 aliphatic carbocycles. The second kappa shape index (κ2) is 8.80. The van der Waals surface area contributed by atoms with Crippen LogP contribution in [0.2, 0.25) is 0 Å². The highest BCUT2D eigenvalue weighted by atomic mass is 16.5. The first kappa shape index (κ1) is 19.2. The molecule has 6 heteroatoms. The molecule has 0 spiro atoms. The summed E-state index contributed by atoms with van der Waals surface area (Å²) in [5.74, 6) is -1.04. The van der Waals surface area contributed by atoms with E-state index in [-0.39, 0.29) is 24.8 Å². The van der Waals surface area contributed by atoms with Crippen molar-refractivity contribution in [3.05, 3.63) is 59.2 Å². The molecule has 6 nitrogen and oxygen atoms in total. The van der Waals surface area contributed by atoms with E-state index in [0.717, 1.165) is 16.7 Å². The number of ether oxygens (including phenoxy) is 1. The number of hydrogen-bond acceptors (Lipinski definition) is 4. The fourth-order valence-corrected chi connectivity index (χ4v) is 2.41. The summed E-state index contributed by atoms with van der Waals surface area (Å²) in [6, 6.07) is 12.5. The monoisotopic (exact) mass is 354 g/mol. The number of anilines is 2. The number of carbonyl (C=O) groups is 3. The van der Waals surface area contributed by atoms with Crippen LogP contribution in [0.4, 0.5) is 11.4 Å². The van der Waals surface area contributed by atoms with Gasteiger partial charge in [-0.25, -0.2) is 0 Å². The third-order valence-corrected chi connectivity index (χ3v) is 3.64. The average Bonchev–Trinajstić information content (AvgIpc) is 2.57. The van der Waals surface area contributed by atoms with Crippen molar-refractivity contribution in [3.8, 4) is 0 Å². The Morgan fingerprint density at radius 2 is 1.65 bits per heavy atom. The van der Waals surface area contributed by atoms with Gasteiger partial charge in [0.15, 0.2) is 6.61 Å². The van der Waals surface area contributed by atoms with E-state index in [1.54, 1.807) is 24.3 Å². The Morgan fingerprint density at radius 1 is 0.962 bits per heavy atom. The lowest BCUT2D eigenvalue weighted by atomic mass is 10.1. The molecule has 0 heterocycles. The van der Waals surface area contributed by atoms with Crippen LogP contribution in [-0.4, -0.2) is 24.4 Å². The zero-order valence-corrected chi connectivity index (χ0v) is 15.1. The predicted octanol–water partition coefficient (Wildman–Crippen LogP) is 2.99. The number of carbonyl (C=O) groups excluding carboxylic acids is 3. The van der Waals surface area contributed by atoms with Gasteiger partial charge in [-0.1, -0.05) is 29.8 Å². The number of esters is 1. The van der Waals surface area contributed by atoms with Crippen molar-refractivity contribution in [3.63, 3.8) is 0 Å². The summed E-state index contributed by atoms with van der Waals surface area (Å²) in [5, 5.41) is 5.37. The third kappa shape index (κ3) is 6.05. The number of aryl methyl sites for hydroxylation is 2. The zero-order valence-electron chi connectivity index (χ0n) is 15.1. The van der Waals surface area contributed by atoms with E-state index in [1.165, 1.54) is 6.92 Å². The first-order chi connectivity index (χ1) is 12.3. The van der Waals surface area contributed by atoms with E-state index in [4.69, 9.17) is 4.74 Å². The van der Waals surface area contributed by atoms with Gasteiger partial charge in [-0.3, -0.25) is 14.4 Å². The van der Waals surface area contributed by atoms with Gasteiger partial charge < -0.3 is 15.4 Å². The van der Waals surface area contributed by atoms with Gasteiger partial charge in [0, 0.05) is 18.3 Å². The summed E-state index contributed by atoms with van der Waals surface area (Å²) >= 11 is 0. The predicted molar refractivity (Wildman–Crippen MR) is 100.0 cm³/mol. The molecule has 0 radical (unpaired) electrons. The molecule has 0 aliphatic rings. The number of hydrogen-bond donors (Lipinski definition) is 2. The van der Waals surface area contributed by atoms with Gasteiger partial charge in [0.25, 0.3) is 5.91 Å². The number of benzene rings is 2. The van der Waals surface area contributed by atoms with Gasteiger partial charge in [-0.15, -0.1) is 0 Å². The molecule has 0 bridgehead atoms. The van der Waals surface area contributed by atoms with Crippen molar-refractivity contribution in [2.75, 3.05) is 17.2 Å². The first-order valence-electron chi connectivity index (χ1n) is 8.23. The third-order valence-electron chi connectivity index (χ3n) is 3.64. The first-order valence-corrected chi connectivity index (χ1v) is 8.23. The fourth-order valence-electron chi connectivity index (χ4n) is 2.41. The van der Waals surface area contributed by atoms with Crippen LogP contribution in [0, 0.1) is 13.8 Å². The fraction of sp³-hybridized carbons (Fsp3) is 0.250. The molecule has 2 rings (SSSR count). The van der Waals surface area contributed by atoms with Crippen LogP contribution in [0.3, 0.4) is 0 Å². The molecule has 136 valence electrons. The minimum atomic E-state index is -0.493. The second-order valence-corrected chi connectivity index (χ2v) is 6.08. The van der Waals surface area contributed by atoms with E-state index < -0.39 is 5.97 Å². The molecule has 2 amide bonds. The standard InChI is InChI=1S/C20H22N2O4/c1-13-4-9-18(14(2)10-13)22-19(24)12-26-20(25)11-16-5-7-17(8-6-16)21-15(3)23/h4-10H,11-12H2,1-3H3,(H,21,23)(H,22,24). The average molecular weight is 354 g/mol. The summed E-state index contributed by atoms with van der Waals surface area (Å²) in [6.07, 6.45) is 0.0528. The molecule has 26 heavy (non-hydrogen) atoms. The maximum Gasteiger partial charge on any atom is 0.310 e. The van der Waals surface area contributed by atoms with Gasteiger partial charge in [0.05, 0.1) is 6.42 Å². The molecule has 0 saturated heterocycles. The molecular formula is C20H22N2O4. The highest BCUT2D eigenvalue weighted by Crippen LogP contribution is 2.16. The van der Waals surface area contributed by atoms with Crippen molar-refractivity contribution in [2.24, 2.45) is 0 Å². The zero-order chi connectivity index (χ0) is 19.1. The summed E-state index contributed by atoms with van der Waals surface area (Å²) in [6.45, 7) is 4.97. The van der Waals surface area contributed by atoms with Gasteiger partial charge in [-0.05, 0) is 43.2 Å². The summed E-state index contributed by atoms with van der Waals surface area (Å²) in [5.41, 5.74) is 4.15. The Labute approximate surface area is 152 Å². The van der Waals surface area contributed by atoms with Gasteiger partial charge in [0.2, 0.25) is 5.91 Å². The molecule has 0 fully saturated rings. The Hall–Kier alpha value is -3.15. The Bertz CT molecular complexity index is 813. The Balaban J connectivity index is 1.80. The van der Waals surface area contributed by atoms with Crippen LogP contribution >= 0.6 is 0 Å². The SMILES string of the molecule is CC(=O)Nc1ccc(CC(=O)OCC(=O)Nc2ccc(C)cc2C)cc1. The minimum Gasteiger partial charge on any atom is -0.455 e. The van der Waals surface area contributed by atoms with Gasteiger partial charge in [-0.2, -0.15) is 0 Å². The highest BCUT2D eigenvalue weighted by molar-refractivity contribution is 5.93. The molecule has 0 aromatic heterocycles.